The van der Waals surface area contributed by atoms with Crippen LogP contribution in [0, 0.1) is 0 Å². The maximum atomic E-state index is 11.8. The van der Waals surface area contributed by atoms with Gasteiger partial charge >= 0.3 is 0 Å². The van der Waals surface area contributed by atoms with Crippen molar-refractivity contribution in [3.05, 3.63) is 0 Å². The first-order valence-corrected chi connectivity index (χ1v) is 8.92. The van der Waals surface area contributed by atoms with Gasteiger partial charge in [0.25, 0.3) is 0 Å². The standard InChI is InChI=1S/C11H21NO2S.C2H6/c1-15(13,14)12(10-6-2-3-7-10)11-8-4-5-9-11;1-2/h10-11H,2-9H2,1H3;1-2H3. The van der Waals surface area contributed by atoms with E-state index in [0.717, 1.165) is 25.7 Å². The van der Waals surface area contributed by atoms with Crippen molar-refractivity contribution in [1.82, 2.24) is 4.31 Å². The molecule has 0 aromatic carbocycles. The lowest BCUT2D eigenvalue weighted by Crippen LogP contribution is -2.44. The Balaban J connectivity index is 0.000000686. The fourth-order valence-corrected chi connectivity index (χ4v) is 4.66. The van der Waals surface area contributed by atoms with Crippen molar-refractivity contribution in [1.29, 1.82) is 0 Å². The lowest BCUT2D eigenvalue weighted by atomic mass is 10.2. The highest BCUT2D eigenvalue weighted by molar-refractivity contribution is 7.88. The quantitative estimate of drug-likeness (QED) is 0.782. The molecular formula is C13H27NO2S. The fourth-order valence-electron chi connectivity index (χ4n) is 3.16. The van der Waals surface area contributed by atoms with E-state index in [1.54, 1.807) is 0 Å². The van der Waals surface area contributed by atoms with Crippen molar-refractivity contribution in [2.24, 2.45) is 0 Å². The third-order valence-electron chi connectivity index (χ3n) is 3.75. The molecule has 17 heavy (non-hydrogen) atoms. The van der Waals surface area contributed by atoms with Gasteiger partial charge < -0.3 is 0 Å². The topological polar surface area (TPSA) is 37.4 Å². The SMILES string of the molecule is CC.CS(=O)(=O)N(C1CCCC1)C1CCCC1. The molecule has 0 aliphatic heterocycles. The molecule has 102 valence electrons. The van der Waals surface area contributed by atoms with Gasteiger partial charge in [-0.25, -0.2) is 8.42 Å². The Labute approximate surface area is 107 Å². The average Bonchev–Trinajstić information content (AvgIpc) is 2.92. The van der Waals surface area contributed by atoms with Crippen LogP contribution in [-0.2, 0) is 10.0 Å². The van der Waals surface area contributed by atoms with Crippen LogP contribution in [0.2, 0.25) is 0 Å². The van der Waals surface area contributed by atoms with E-state index in [2.05, 4.69) is 0 Å². The third-order valence-corrected chi connectivity index (χ3v) is 5.11. The van der Waals surface area contributed by atoms with Crippen LogP contribution in [-0.4, -0.2) is 31.1 Å². The van der Waals surface area contributed by atoms with Crippen molar-refractivity contribution < 1.29 is 8.42 Å². The lowest BCUT2D eigenvalue weighted by molar-refractivity contribution is 0.253. The van der Waals surface area contributed by atoms with E-state index >= 15 is 0 Å². The molecule has 0 aromatic heterocycles. The Morgan fingerprint density at radius 3 is 1.35 bits per heavy atom. The second-order valence-electron chi connectivity index (χ2n) is 4.97. The Morgan fingerprint density at radius 1 is 0.824 bits per heavy atom. The van der Waals surface area contributed by atoms with Gasteiger partial charge in [-0.1, -0.05) is 39.5 Å². The summed E-state index contributed by atoms with van der Waals surface area (Å²) in [6.07, 6.45) is 10.5. The van der Waals surface area contributed by atoms with Gasteiger partial charge in [-0.3, -0.25) is 0 Å². The zero-order valence-corrected chi connectivity index (χ0v) is 12.3. The Kier molecular flexibility index (Phi) is 5.93. The van der Waals surface area contributed by atoms with Crippen molar-refractivity contribution in [2.75, 3.05) is 6.26 Å². The molecule has 0 N–H and O–H groups in total. The summed E-state index contributed by atoms with van der Waals surface area (Å²) in [6.45, 7) is 4.00. The van der Waals surface area contributed by atoms with Gasteiger partial charge in [0.1, 0.15) is 0 Å². The highest BCUT2D eigenvalue weighted by atomic mass is 32.2. The molecular weight excluding hydrogens is 234 g/mol. The summed E-state index contributed by atoms with van der Waals surface area (Å²) >= 11 is 0. The monoisotopic (exact) mass is 261 g/mol. The smallest absolute Gasteiger partial charge is 0.211 e. The first kappa shape index (κ1) is 15.0. The van der Waals surface area contributed by atoms with Crippen molar-refractivity contribution >= 4 is 10.0 Å². The number of rotatable bonds is 3. The van der Waals surface area contributed by atoms with Crippen LogP contribution < -0.4 is 0 Å². The summed E-state index contributed by atoms with van der Waals surface area (Å²) in [7, 11) is -3.00. The molecule has 0 bridgehead atoms. The van der Waals surface area contributed by atoms with E-state index in [4.69, 9.17) is 0 Å². The zero-order valence-electron chi connectivity index (χ0n) is 11.5. The van der Waals surface area contributed by atoms with Gasteiger partial charge in [0.05, 0.1) is 6.26 Å². The number of nitrogens with zero attached hydrogens (tertiary/aromatic N) is 1. The number of hydrogen-bond acceptors (Lipinski definition) is 2. The molecule has 0 spiro atoms. The molecule has 0 heterocycles. The molecule has 0 saturated heterocycles. The highest BCUT2D eigenvalue weighted by Gasteiger charge is 2.36. The molecule has 2 fully saturated rings. The second-order valence-corrected chi connectivity index (χ2v) is 6.86. The highest BCUT2D eigenvalue weighted by Crippen LogP contribution is 2.33. The van der Waals surface area contributed by atoms with Gasteiger partial charge in [0.2, 0.25) is 10.0 Å². The molecule has 2 aliphatic rings. The van der Waals surface area contributed by atoms with E-state index in [0.29, 0.717) is 12.1 Å². The van der Waals surface area contributed by atoms with Crippen LogP contribution in [0.15, 0.2) is 0 Å². The first-order chi connectivity index (χ1) is 8.09. The predicted octanol–water partition coefficient (Wildman–Crippen LogP) is 3.16. The first-order valence-electron chi connectivity index (χ1n) is 7.07. The van der Waals surface area contributed by atoms with Crippen LogP contribution in [0.4, 0.5) is 0 Å². The van der Waals surface area contributed by atoms with E-state index < -0.39 is 10.0 Å². The summed E-state index contributed by atoms with van der Waals surface area (Å²) in [5.41, 5.74) is 0. The molecule has 2 aliphatic carbocycles. The summed E-state index contributed by atoms with van der Waals surface area (Å²) < 4.78 is 25.5. The second kappa shape index (κ2) is 6.74. The van der Waals surface area contributed by atoms with Crippen LogP contribution in [0.3, 0.4) is 0 Å². The summed E-state index contributed by atoms with van der Waals surface area (Å²) in [5, 5.41) is 0. The maximum absolute atomic E-state index is 11.8. The molecule has 0 amide bonds. The van der Waals surface area contributed by atoms with Crippen LogP contribution in [0.1, 0.15) is 65.2 Å². The van der Waals surface area contributed by atoms with Gasteiger partial charge in [-0.05, 0) is 25.7 Å². The van der Waals surface area contributed by atoms with Crippen LogP contribution >= 0.6 is 0 Å². The summed E-state index contributed by atoms with van der Waals surface area (Å²) in [6, 6.07) is 0.617. The third kappa shape index (κ3) is 3.95. The molecule has 0 aromatic rings. The molecule has 2 saturated carbocycles. The average molecular weight is 261 g/mol. The molecule has 2 rings (SSSR count). The lowest BCUT2D eigenvalue weighted by Gasteiger charge is -2.31. The number of sulfonamides is 1. The largest absolute Gasteiger partial charge is 0.212 e. The van der Waals surface area contributed by atoms with Gasteiger partial charge in [0.15, 0.2) is 0 Å². The molecule has 0 atom stereocenters. The normalized spacial score (nSPS) is 22.8. The fraction of sp³-hybridized carbons (Fsp3) is 1.00. The van der Waals surface area contributed by atoms with E-state index in [1.165, 1.54) is 31.9 Å². The van der Waals surface area contributed by atoms with Gasteiger partial charge in [-0.15, -0.1) is 0 Å². The van der Waals surface area contributed by atoms with E-state index in [9.17, 15) is 8.42 Å². The van der Waals surface area contributed by atoms with E-state index in [1.807, 2.05) is 18.2 Å². The maximum Gasteiger partial charge on any atom is 0.211 e. The predicted molar refractivity (Wildman–Crippen MR) is 72.5 cm³/mol. The van der Waals surface area contributed by atoms with Crippen LogP contribution in [0.25, 0.3) is 0 Å². The minimum Gasteiger partial charge on any atom is -0.212 e. The van der Waals surface area contributed by atoms with Crippen LogP contribution in [0.5, 0.6) is 0 Å². The molecule has 4 heteroatoms. The van der Waals surface area contributed by atoms with Gasteiger partial charge in [-0.2, -0.15) is 4.31 Å². The minimum atomic E-state index is -3.00. The van der Waals surface area contributed by atoms with Gasteiger partial charge in [0, 0.05) is 12.1 Å². The van der Waals surface area contributed by atoms with E-state index in [-0.39, 0.29) is 0 Å². The molecule has 0 radical (unpaired) electrons. The Hall–Kier alpha value is -0.0900. The summed E-state index contributed by atoms with van der Waals surface area (Å²) in [4.78, 5) is 0. The van der Waals surface area contributed by atoms with Crippen molar-refractivity contribution in [3.8, 4) is 0 Å². The van der Waals surface area contributed by atoms with Crippen molar-refractivity contribution in [2.45, 2.75) is 77.3 Å². The Bertz CT molecular complexity index is 285. The molecule has 3 nitrogen and oxygen atoms in total. The molecule has 0 unspecified atom stereocenters. The number of hydrogen-bond donors (Lipinski definition) is 0. The Morgan fingerprint density at radius 2 is 1.12 bits per heavy atom. The van der Waals surface area contributed by atoms with Crippen molar-refractivity contribution in [3.63, 3.8) is 0 Å². The minimum absolute atomic E-state index is 0.308. The zero-order chi connectivity index (χ0) is 12.9. The summed E-state index contributed by atoms with van der Waals surface area (Å²) in [5.74, 6) is 0.